The van der Waals surface area contributed by atoms with Gasteiger partial charge in [-0.05, 0) is 77.0 Å². The standard InChI is InChI=1S/C71H124O6/c1-4-7-10-13-16-19-21-23-25-27-29-30-31-32-33-34-35-36-37-38-39-40-42-43-45-47-49-52-55-58-61-64-70(73)76-67-68(66-75-69(72)63-60-57-54-51-18-15-12-9-6-3)77-71(74)65-62-59-56-53-50-48-46-44-41-28-26-24-22-20-17-14-11-8-5-2/h7,10,16,19,23,25,29-30,32-33,35-36,38-39,68H,4-6,8-9,11-15,17-18,20-22,24,26-28,31,34,37,40-67H2,1-3H3/b10-7-,19-16-,25-23-,30-29-,33-32-,36-35-,39-38-. The second-order valence-electron chi connectivity index (χ2n) is 22.0. The zero-order valence-electron chi connectivity index (χ0n) is 51.0. The molecule has 0 N–H and O–H groups in total. The highest BCUT2D eigenvalue weighted by molar-refractivity contribution is 5.71. The normalized spacial score (nSPS) is 12.6. The molecule has 0 aliphatic heterocycles. The van der Waals surface area contributed by atoms with Crippen molar-refractivity contribution in [3.05, 3.63) is 85.1 Å². The van der Waals surface area contributed by atoms with Crippen LogP contribution in [0.5, 0.6) is 0 Å². The molecule has 6 heteroatoms. The topological polar surface area (TPSA) is 78.9 Å². The van der Waals surface area contributed by atoms with Crippen LogP contribution in [0.3, 0.4) is 0 Å². The zero-order valence-corrected chi connectivity index (χ0v) is 51.0. The monoisotopic (exact) mass is 1070 g/mol. The van der Waals surface area contributed by atoms with E-state index in [9.17, 15) is 14.4 Å². The van der Waals surface area contributed by atoms with E-state index in [1.54, 1.807) is 0 Å². The minimum atomic E-state index is -0.775. The second-order valence-corrected chi connectivity index (χ2v) is 22.0. The van der Waals surface area contributed by atoms with Gasteiger partial charge in [-0.25, -0.2) is 0 Å². The maximum Gasteiger partial charge on any atom is 0.306 e. The minimum absolute atomic E-state index is 0.0732. The van der Waals surface area contributed by atoms with Crippen molar-refractivity contribution in [3.8, 4) is 0 Å². The van der Waals surface area contributed by atoms with Crippen LogP contribution < -0.4 is 0 Å². The Morgan fingerprint density at radius 1 is 0.273 bits per heavy atom. The molecule has 0 aliphatic carbocycles. The van der Waals surface area contributed by atoms with Gasteiger partial charge in [-0.2, -0.15) is 0 Å². The number of rotatable bonds is 60. The average Bonchev–Trinajstić information content (AvgIpc) is 3.43. The van der Waals surface area contributed by atoms with Crippen LogP contribution in [0.15, 0.2) is 85.1 Å². The fourth-order valence-corrected chi connectivity index (χ4v) is 9.48. The molecule has 0 heterocycles. The summed E-state index contributed by atoms with van der Waals surface area (Å²) in [6, 6.07) is 0. The van der Waals surface area contributed by atoms with Gasteiger partial charge in [0, 0.05) is 19.3 Å². The molecule has 0 aromatic rings. The van der Waals surface area contributed by atoms with Crippen LogP contribution in [0.25, 0.3) is 0 Å². The Labute approximate surface area is 477 Å². The van der Waals surface area contributed by atoms with Gasteiger partial charge in [0.15, 0.2) is 6.10 Å². The molecule has 1 unspecified atom stereocenters. The van der Waals surface area contributed by atoms with Crippen molar-refractivity contribution >= 4 is 17.9 Å². The Morgan fingerprint density at radius 3 is 0.792 bits per heavy atom. The maximum absolute atomic E-state index is 12.9. The predicted octanol–water partition coefficient (Wildman–Crippen LogP) is 22.7. The molecular weight excluding hydrogens is 949 g/mol. The molecule has 0 aromatic carbocycles. The third kappa shape index (κ3) is 63.3. The highest BCUT2D eigenvalue weighted by atomic mass is 16.6. The number of hydrogen-bond acceptors (Lipinski definition) is 6. The first-order chi connectivity index (χ1) is 38.0. The molecule has 0 saturated carbocycles. The van der Waals surface area contributed by atoms with E-state index in [1.165, 1.54) is 180 Å². The molecular formula is C71H124O6. The largest absolute Gasteiger partial charge is 0.462 e. The molecule has 0 spiro atoms. The van der Waals surface area contributed by atoms with Gasteiger partial charge in [0.1, 0.15) is 13.2 Å². The summed E-state index contributed by atoms with van der Waals surface area (Å²) in [7, 11) is 0. The molecule has 1 atom stereocenters. The van der Waals surface area contributed by atoms with E-state index in [0.717, 1.165) is 109 Å². The number of hydrogen-bond donors (Lipinski definition) is 0. The Balaban J connectivity index is 4.18. The van der Waals surface area contributed by atoms with Gasteiger partial charge in [0.2, 0.25) is 0 Å². The Kier molecular flexibility index (Phi) is 62.2. The lowest BCUT2D eigenvalue weighted by Crippen LogP contribution is -2.30. The summed E-state index contributed by atoms with van der Waals surface area (Å²) in [5.74, 6) is -0.866. The lowest BCUT2D eigenvalue weighted by atomic mass is 10.0. The summed E-state index contributed by atoms with van der Waals surface area (Å²) in [6.45, 7) is 6.54. The fourth-order valence-electron chi connectivity index (χ4n) is 9.48. The van der Waals surface area contributed by atoms with Crippen LogP contribution in [0.2, 0.25) is 0 Å². The van der Waals surface area contributed by atoms with Gasteiger partial charge in [-0.1, -0.05) is 318 Å². The molecule has 0 bridgehead atoms. The summed E-state index contributed by atoms with van der Waals surface area (Å²) in [6.07, 6.45) is 86.1. The quantitative estimate of drug-likeness (QED) is 0.0261. The third-order valence-corrected chi connectivity index (χ3v) is 14.4. The molecule has 0 rings (SSSR count). The lowest BCUT2D eigenvalue weighted by molar-refractivity contribution is -0.167. The van der Waals surface area contributed by atoms with Crippen molar-refractivity contribution in [2.45, 2.75) is 335 Å². The first kappa shape index (κ1) is 73.6. The summed E-state index contributed by atoms with van der Waals surface area (Å²) < 4.78 is 16.9. The van der Waals surface area contributed by atoms with E-state index in [4.69, 9.17) is 14.2 Å². The van der Waals surface area contributed by atoms with Crippen LogP contribution >= 0.6 is 0 Å². The van der Waals surface area contributed by atoms with Gasteiger partial charge in [-0.3, -0.25) is 14.4 Å². The van der Waals surface area contributed by atoms with E-state index in [1.807, 2.05) is 0 Å². The Hall–Kier alpha value is -3.41. The molecule has 0 saturated heterocycles. The number of esters is 3. The second kappa shape index (κ2) is 65.1. The van der Waals surface area contributed by atoms with Crippen molar-refractivity contribution in [2.24, 2.45) is 0 Å². The van der Waals surface area contributed by atoms with Crippen molar-refractivity contribution in [3.63, 3.8) is 0 Å². The first-order valence-electron chi connectivity index (χ1n) is 33.1. The molecule has 0 radical (unpaired) electrons. The molecule has 0 amide bonds. The number of ether oxygens (including phenoxy) is 3. The molecule has 6 nitrogen and oxygen atoms in total. The van der Waals surface area contributed by atoms with Gasteiger partial charge in [0.25, 0.3) is 0 Å². The van der Waals surface area contributed by atoms with E-state index < -0.39 is 6.10 Å². The summed E-state index contributed by atoms with van der Waals surface area (Å²) >= 11 is 0. The van der Waals surface area contributed by atoms with Crippen LogP contribution in [0.4, 0.5) is 0 Å². The fraction of sp³-hybridized carbons (Fsp3) is 0.761. The van der Waals surface area contributed by atoms with Crippen LogP contribution in [-0.2, 0) is 28.6 Å². The molecule has 0 fully saturated rings. The Morgan fingerprint density at radius 2 is 0.506 bits per heavy atom. The third-order valence-electron chi connectivity index (χ3n) is 14.4. The van der Waals surface area contributed by atoms with Crippen LogP contribution in [0.1, 0.15) is 329 Å². The van der Waals surface area contributed by atoms with Gasteiger partial charge < -0.3 is 14.2 Å². The molecule has 444 valence electrons. The summed E-state index contributed by atoms with van der Waals surface area (Å²) in [5, 5.41) is 0. The number of carbonyl (C=O) groups is 3. The number of carbonyl (C=O) groups excluding carboxylic acids is 3. The van der Waals surface area contributed by atoms with Crippen molar-refractivity contribution in [2.75, 3.05) is 13.2 Å². The van der Waals surface area contributed by atoms with E-state index in [2.05, 4.69) is 106 Å². The van der Waals surface area contributed by atoms with Crippen molar-refractivity contribution in [1.29, 1.82) is 0 Å². The van der Waals surface area contributed by atoms with E-state index >= 15 is 0 Å². The molecule has 0 aliphatic rings. The number of allylic oxidation sites excluding steroid dienone is 14. The van der Waals surface area contributed by atoms with Crippen LogP contribution in [-0.4, -0.2) is 37.2 Å². The van der Waals surface area contributed by atoms with Crippen molar-refractivity contribution in [1.82, 2.24) is 0 Å². The van der Waals surface area contributed by atoms with E-state index in [0.29, 0.717) is 19.3 Å². The first-order valence-corrected chi connectivity index (χ1v) is 33.1. The molecule has 77 heavy (non-hydrogen) atoms. The predicted molar refractivity (Wildman–Crippen MR) is 334 cm³/mol. The average molecular weight is 1070 g/mol. The smallest absolute Gasteiger partial charge is 0.306 e. The zero-order chi connectivity index (χ0) is 55.7. The van der Waals surface area contributed by atoms with E-state index in [-0.39, 0.29) is 31.1 Å². The Bertz CT molecular complexity index is 1470. The van der Waals surface area contributed by atoms with Crippen LogP contribution in [0, 0.1) is 0 Å². The summed E-state index contributed by atoms with van der Waals surface area (Å²) in [5.41, 5.74) is 0. The molecule has 0 aromatic heterocycles. The minimum Gasteiger partial charge on any atom is -0.462 e. The van der Waals surface area contributed by atoms with Crippen molar-refractivity contribution < 1.29 is 28.6 Å². The van der Waals surface area contributed by atoms with Gasteiger partial charge in [0.05, 0.1) is 0 Å². The summed E-state index contributed by atoms with van der Waals surface area (Å²) in [4.78, 5) is 38.2. The number of unbranched alkanes of at least 4 members (excludes halogenated alkanes) is 35. The maximum atomic E-state index is 12.9. The highest BCUT2D eigenvalue weighted by Crippen LogP contribution is 2.17. The highest BCUT2D eigenvalue weighted by Gasteiger charge is 2.19. The SMILES string of the molecule is CC/C=C\C/C=C\C/C=C\C/C=C\C/C=C\C/C=C\C/C=C\CCCCCCCCCCCC(=O)OCC(COC(=O)CCCCCCCCCCC)OC(=O)CCCCCCCCCCCCCCCCCCCCC. The lowest BCUT2D eigenvalue weighted by Gasteiger charge is -2.18. The van der Waals surface area contributed by atoms with Gasteiger partial charge >= 0.3 is 17.9 Å². The van der Waals surface area contributed by atoms with Gasteiger partial charge in [-0.15, -0.1) is 0 Å².